The molecule has 0 atom stereocenters. The lowest BCUT2D eigenvalue weighted by atomic mass is 10.7. The molecule has 0 saturated carbocycles. The highest BCUT2D eigenvalue weighted by Gasteiger charge is 1.95. The molecule has 3 nitrogen and oxygen atoms in total. The Hall–Kier alpha value is -0.730. The van der Waals surface area contributed by atoms with E-state index in [9.17, 15) is 4.79 Å². The molecular formula is C5H10N2O. The van der Waals surface area contributed by atoms with Crippen molar-refractivity contribution >= 4 is 6.03 Å². The topological polar surface area (TPSA) is 45.3 Å². The third-order valence-corrected chi connectivity index (χ3v) is 0.587. The molecule has 0 aliphatic heterocycles. The van der Waals surface area contributed by atoms with Crippen LogP contribution in [0.5, 0.6) is 0 Å². The average molecular weight is 114 g/mol. The van der Waals surface area contributed by atoms with Gasteiger partial charge in [-0.1, -0.05) is 0 Å². The summed E-state index contributed by atoms with van der Waals surface area (Å²) < 4.78 is 0. The lowest BCUT2D eigenvalue weighted by molar-refractivity contribution is 0.240. The molecule has 2 radical (unpaired) electrons. The molecule has 0 heterocycles. The van der Waals surface area contributed by atoms with Gasteiger partial charge in [-0.2, -0.15) is 0 Å². The minimum atomic E-state index is -0.338. The predicted octanol–water partition coefficient (Wildman–Crippen LogP) is 0.355. The smallest absolute Gasteiger partial charge is 0.245 e. The van der Waals surface area contributed by atoms with Crippen LogP contribution in [0.25, 0.3) is 0 Å². The largest absolute Gasteiger partial charge is 0.357 e. The summed E-state index contributed by atoms with van der Waals surface area (Å²) in [6.45, 7) is 4.68. The van der Waals surface area contributed by atoms with Crippen LogP contribution in [-0.4, -0.2) is 19.1 Å². The Labute approximate surface area is 49.5 Å². The summed E-state index contributed by atoms with van der Waals surface area (Å²) in [7, 11) is 0. The van der Waals surface area contributed by atoms with Crippen molar-refractivity contribution in [2.75, 3.05) is 13.1 Å². The van der Waals surface area contributed by atoms with Crippen molar-refractivity contribution < 1.29 is 4.79 Å². The third-order valence-electron chi connectivity index (χ3n) is 0.587. The highest BCUT2D eigenvalue weighted by Crippen LogP contribution is 1.67. The van der Waals surface area contributed by atoms with E-state index in [4.69, 9.17) is 0 Å². The van der Waals surface area contributed by atoms with Gasteiger partial charge in [0.25, 0.3) is 0 Å². The van der Waals surface area contributed by atoms with Crippen LogP contribution in [0.4, 0.5) is 4.79 Å². The van der Waals surface area contributed by atoms with Gasteiger partial charge in [0.1, 0.15) is 0 Å². The van der Waals surface area contributed by atoms with Crippen LogP contribution in [0.1, 0.15) is 13.8 Å². The van der Waals surface area contributed by atoms with E-state index in [0.717, 1.165) is 0 Å². The second-order valence-electron chi connectivity index (χ2n) is 1.23. The summed E-state index contributed by atoms with van der Waals surface area (Å²) >= 11 is 0. The lowest BCUT2D eigenvalue weighted by Gasteiger charge is -1.93. The van der Waals surface area contributed by atoms with Gasteiger partial charge >= 0.3 is 6.03 Å². The second kappa shape index (κ2) is 4.43. The van der Waals surface area contributed by atoms with Gasteiger partial charge in [-0.25, -0.2) is 15.4 Å². The molecule has 0 N–H and O–H groups in total. The number of rotatable bonds is 2. The fourth-order valence-corrected chi connectivity index (χ4v) is 0.321. The standard InChI is InChI=1S/C5H10N2O/c1-3-6-5(8)7-4-2/h3-4H2,1-2H3. The fourth-order valence-electron chi connectivity index (χ4n) is 0.321. The molecule has 0 bridgehead atoms. The molecule has 0 unspecified atom stereocenters. The first kappa shape index (κ1) is 7.27. The monoisotopic (exact) mass is 114 g/mol. The predicted molar refractivity (Wildman–Crippen MR) is 30.7 cm³/mol. The molecular weight excluding hydrogens is 104 g/mol. The molecule has 0 aliphatic rings. The highest BCUT2D eigenvalue weighted by molar-refractivity contribution is 5.72. The summed E-state index contributed by atoms with van der Waals surface area (Å²) in [4.78, 5) is 10.3. The van der Waals surface area contributed by atoms with E-state index in [-0.39, 0.29) is 6.03 Å². The number of urea groups is 1. The van der Waals surface area contributed by atoms with Gasteiger partial charge in [-0.05, 0) is 13.8 Å². The van der Waals surface area contributed by atoms with E-state index >= 15 is 0 Å². The average Bonchev–Trinajstić information content (AvgIpc) is 1.68. The van der Waals surface area contributed by atoms with Gasteiger partial charge in [0.15, 0.2) is 0 Å². The quantitative estimate of drug-likeness (QED) is 0.511. The minimum Gasteiger partial charge on any atom is -0.245 e. The van der Waals surface area contributed by atoms with Gasteiger partial charge < -0.3 is 0 Å². The Morgan fingerprint density at radius 2 is 1.62 bits per heavy atom. The van der Waals surface area contributed by atoms with E-state index in [1.807, 2.05) is 13.8 Å². The molecule has 0 aromatic heterocycles. The van der Waals surface area contributed by atoms with E-state index in [2.05, 4.69) is 10.6 Å². The Morgan fingerprint density at radius 1 is 1.25 bits per heavy atom. The van der Waals surface area contributed by atoms with E-state index in [1.54, 1.807) is 0 Å². The van der Waals surface area contributed by atoms with Gasteiger partial charge in [0, 0.05) is 13.1 Å². The van der Waals surface area contributed by atoms with Gasteiger partial charge in [-0.3, -0.25) is 0 Å². The molecule has 0 aromatic rings. The van der Waals surface area contributed by atoms with Crippen LogP contribution in [0, 0.1) is 0 Å². The molecule has 8 heavy (non-hydrogen) atoms. The number of carbonyl (C=O) groups is 1. The van der Waals surface area contributed by atoms with E-state index in [1.165, 1.54) is 0 Å². The summed E-state index contributed by atoms with van der Waals surface area (Å²) in [5.74, 6) is 0. The van der Waals surface area contributed by atoms with Crippen LogP contribution in [0.3, 0.4) is 0 Å². The number of hydrogen-bond donors (Lipinski definition) is 0. The number of hydrogen-bond acceptors (Lipinski definition) is 1. The van der Waals surface area contributed by atoms with E-state index < -0.39 is 0 Å². The molecule has 3 heteroatoms. The van der Waals surface area contributed by atoms with Crippen LogP contribution in [0.2, 0.25) is 0 Å². The zero-order chi connectivity index (χ0) is 6.41. The summed E-state index contributed by atoms with van der Waals surface area (Å²) in [6.07, 6.45) is 0. The van der Waals surface area contributed by atoms with Crippen LogP contribution in [0.15, 0.2) is 0 Å². The molecule has 0 fully saturated rings. The van der Waals surface area contributed by atoms with E-state index in [0.29, 0.717) is 13.1 Å². The number of carbonyl (C=O) groups excluding carboxylic acids is 1. The van der Waals surface area contributed by atoms with Crippen LogP contribution >= 0.6 is 0 Å². The van der Waals surface area contributed by atoms with Gasteiger partial charge in [0.05, 0.1) is 0 Å². The highest BCUT2D eigenvalue weighted by atomic mass is 16.2. The maximum Gasteiger partial charge on any atom is 0.357 e. The first-order valence-corrected chi connectivity index (χ1v) is 2.70. The number of amides is 2. The van der Waals surface area contributed by atoms with Crippen molar-refractivity contribution in [3.8, 4) is 0 Å². The first-order chi connectivity index (χ1) is 3.81. The van der Waals surface area contributed by atoms with Crippen LogP contribution in [-0.2, 0) is 0 Å². The van der Waals surface area contributed by atoms with Crippen molar-refractivity contribution in [2.45, 2.75) is 13.8 Å². The lowest BCUT2D eigenvalue weighted by Crippen LogP contribution is -2.23. The molecule has 2 amide bonds. The maximum atomic E-state index is 10.3. The fraction of sp³-hybridized carbons (Fsp3) is 0.800. The first-order valence-electron chi connectivity index (χ1n) is 2.70. The molecule has 0 aromatic carbocycles. The van der Waals surface area contributed by atoms with Crippen molar-refractivity contribution in [1.82, 2.24) is 10.6 Å². The van der Waals surface area contributed by atoms with Crippen LogP contribution < -0.4 is 10.6 Å². The molecule has 0 aliphatic carbocycles. The van der Waals surface area contributed by atoms with Crippen molar-refractivity contribution in [3.05, 3.63) is 0 Å². The van der Waals surface area contributed by atoms with Crippen molar-refractivity contribution in [2.24, 2.45) is 0 Å². The Bertz CT molecular complexity index is 64.8. The van der Waals surface area contributed by atoms with Crippen molar-refractivity contribution in [1.29, 1.82) is 0 Å². The Balaban J connectivity index is 3.06. The number of nitrogens with zero attached hydrogens (tertiary/aromatic N) is 2. The summed E-state index contributed by atoms with van der Waals surface area (Å²) in [5, 5.41) is 7.02. The Kier molecular flexibility index (Phi) is 4.03. The normalized spacial score (nSPS) is 8.25. The summed E-state index contributed by atoms with van der Waals surface area (Å²) in [6, 6.07) is -0.338. The summed E-state index contributed by atoms with van der Waals surface area (Å²) in [5.41, 5.74) is 0. The zero-order valence-electron chi connectivity index (χ0n) is 5.22. The molecule has 0 spiro atoms. The molecule has 0 rings (SSSR count). The van der Waals surface area contributed by atoms with Gasteiger partial charge in [0.2, 0.25) is 0 Å². The minimum absolute atomic E-state index is 0.338. The molecule has 46 valence electrons. The maximum absolute atomic E-state index is 10.3. The van der Waals surface area contributed by atoms with Crippen molar-refractivity contribution in [3.63, 3.8) is 0 Å². The zero-order valence-corrected chi connectivity index (χ0v) is 5.22. The van der Waals surface area contributed by atoms with Gasteiger partial charge in [-0.15, -0.1) is 0 Å². The second-order valence-corrected chi connectivity index (χ2v) is 1.23. The Morgan fingerprint density at radius 3 is 1.88 bits per heavy atom. The SMILES string of the molecule is CC[N]C(=O)[N]CC. The molecule has 0 saturated heterocycles. The third kappa shape index (κ3) is 3.46.